The summed E-state index contributed by atoms with van der Waals surface area (Å²) in [5.41, 5.74) is 0.799. The van der Waals surface area contributed by atoms with Crippen LogP contribution < -0.4 is 10.2 Å². The van der Waals surface area contributed by atoms with E-state index in [9.17, 15) is 9.59 Å². The molecule has 2 amide bonds. The van der Waals surface area contributed by atoms with Crippen LogP contribution in [0.25, 0.3) is 0 Å². The van der Waals surface area contributed by atoms with Gasteiger partial charge in [0.1, 0.15) is 6.04 Å². The van der Waals surface area contributed by atoms with E-state index in [2.05, 4.69) is 10.2 Å². The molecule has 1 fully saturated rings. The zero-order valence-electron chi connectivity index (χ0n) is 12.7. The van der Waals surface area contributed by atoms with Crippen molar-refractivity contribution in [2.24, 2.45) is 0 Å². The summed E-state index contributed by atoms with van der Waals surface area (Å²) in [5, 5.41) is 2.94. The fourth-order valence-electron chi connectivity index (χ4n) is 2.57. The number of nitrogens with zero attached hydrogens (tertiary/aromatic N) is 2. The van der Waals surface area contributed by atoms with Crippen LogP contribution in [0.4, 0.5) is 5.69 Å². The van der Waals surface area contributed by atoms with Gasteiger partial charge in [-0.1, -0.05) is 18.2 Å². The highest BCUT2D eigenvalue weighted by molar-refractivity contribution is 6.03. The molecule has 0 bridgehead atoms. The van der Waals surface area contributed by atoms with Crippen molar-refractivity contribution < 1.29 is 9.59 Å². The molecule has 1 unspecified atom stereocenters. The SMILES string of the molecule is CN(C)CCCNC(=O)C1CCC(=O)N1c1ccccc1. The van der Waals surface area contributed by atoms with Crippen LogP contribution in [0.15, 0.2) is 30.3 Å². The lowest BCUT2D eigenvalue weighted by Crippen LogP contribution is -2.45. The smallest absolute Gasteiger partial charge is 0.243 e. The molecule has 2 rings (SSSR count). The highest BCUT2D eigenvalue weighted by Crippen LogP contribution is 2.26. The molecule has 1 aromatic carbocycles. The highest BCUT2D eigenvalue weighted by atomic mass is 16.2. The molecule has 21 heavy (non-hydrogen) atoms. The van der Waals surface area contributed by atoms with E-state index < -0.39 is 0 Å². The van der Waals surface area contributed by atoms with E-state index in [-0.39, 0.29) is 17.9 Å². The zero-order valence-corrected chi connectivity index (χ0v) is 12.7. The van der Waals surface area contributed by atoms with Gasteiger partial charge in [0.05, 0.1) is 0 Å². The van der Waals surface area contributed by atoms with Crippen LogP contribution in [-0.4, -0.2) is 49.9 Å². The molecule has 1 N–H and O–H groups in total. The van der Waals surface area contributed by atoms with Gasteiger partial charge in [0, 0.05) is 18.7 Å². The number of benzene rings is 1. The predicted molar refractivity (Wildman–Crippen MR) is 83.1 cm³/mol. The van der Waals surface area contributed by atoms with Crippen LogP contribution in [0.1, 0.15) is 19.3 Å². The number of carbonyl (C=O) groups excluding carboxylic acids is 2. The number of hydrogen-bond acceptors (Lipinski definition) is 3. The maximum absolute atomic E-state index is 12.3. The molecule has 0 aliphatic carbocycles. The third-order valence-corrected chi connectivity index (χ3v) is 3.63. The third kappa shape index (κ3) is 4.04. The summed E-state index contributed by atoms with van der Waals surface area (Å²) in [4.78, 5) is 28.1. The second-order valence-corrected chi connectivity index (χ2v) is 5.60. The van der Waals surface area contributed by atoms with Crippen LogP contribution in [0.5, 0.6) is 0 Å². The van der Waals surface area contributed by atoms with Gasteiger partial charge in [0.2, 0.25) is 11.8 Å². The van der Waals surface area contributed by atoms with E-state index in [0.29, 0.717) is 19.4 Å². The maximum atomic E-state index is 12.3. The first-order chi connectivity index (χ1) is 10.1. The Bertz CT molecular complexity index is 488. The van der Waals surface area contributed by atoms with Crippen LogP contribution in [0.2, 0.25) is 0 Å². The molecular weight excluding hydrogens is 266 g/mol. The van der Waals surface area contributed by atoms with Gasteiger partial charge in [-0.2, -0.15) is 0 Å². The minimum atomic E-state index is -0.376. The molecule has 0 spiro atoms. The number of amides is 2. The van der Waals surface area contributed by atoms with E-state index in [0.717, 1.165) is 18.7 Å². The monoisotopic (exact) mass is 289 g/mol. The lowest BCUT2D eigenvalue weighted by atomic mass is 10.2. The molecule has 0 aromatic heterocycles. The van der Waals surface area contributed by atoms with Crippen molar-refractivity contribution in [1.82, 2.24) is 10.2 Å². The first kappa shape index (κ1) is 15.5. The van der Waals surface area contributed by atoms with Crippen LogP contribution >= 0.6 is 0 Å². The molecule has 1 aromatic rings. The van der Waals surface area contributed by atoms with Gasteiger partial charge in [-0.3, -0.25) is 14.5 Å². The molecule has 1 atom stereocenters. The summed E-state index contributed by atoms with van der Waals surface area (Å²) < 4.78 is 0. The van der Waals surface area contributed by atoms with Gasteiger partial charge in [0.25, 0.3) is 0 Å². The zero-order chi connectivity index (χ0) is 15.2. The molecule has 1 aliphatic rings. The Morgan fingerprint density at radius 2 is 2.05 bits per heavy atom. The van der Waals surface area contributed by atoms with Gasteiger partial charge in [-0.15, -0.1) is 0 Å². The van der Waals surface area contributed by atoms with Crippen molar-refractivity contribution >= 4 is 17.5 Å². The third-order valence-electron chi connectivity index (χ3n) is 3.63. The minimum absolute atomic E-state index is 0.0228. The van der Waals surface area contributed by atoms with Crippen molar-refractivity contribution in [3.8, 4) is 0 Å². The Labute approximate surface area is 125 Å². The van der Waals surface area contributed by atoms with E-state index in [1.165, 1.54) is 0 Å². The summed E-state index contributed by atoms with van der Waals surface area (Å²) in [5.74, 6) is -0.0295. The summed E-state index contributed by atoms with van der Waals surface area (Å²) in [6.45, 7) is 1.58. The number of nitrogens with one attached hydrogen (secondary N) is 1. The largest absolute Gasteiger partial charge is 0.354 e. The standard InChI is InChI=1S/C16H23N3O2/c1-18(2)12-6-11-17-16(21)14-9-10-15(20)19(14)13-7-4-3-5-8-13/h3-5,7-8,14H,6,9-12H2,1-2H3,(H,17,21). The Morgan fingerprint density at radius 1 is 1.33 bits per heavy atom. The molecule has 0 saturated carbocycles. The molecule has 114 valence electrons. The molecule has 1 saturated heterocycles. The van der Waals surface area contributed by atoms with Crippen molar-refractivity contribution in [2.45, 2.75) is 25.3 Å². The normalized spacial score (nSPS) is 18.3. The van der Waals surface area contributed by atoms with Gasteiger partial charge >= 0.3 is 0 Å². The summed E-state index contributed by atoms with van der Waals surface area (Å²) in [7, 11) is 4.02. The molecule has 5 heteroatoms. The van der Waals surface area contributed by atoms with Crippen LogP contribution in [0, 0.1) is 0 Å². The predicted octanol–water partition coefficient (Wildman–Crippen LogP) is 1.25. The molecular formula is C16H23N3O2. The number of rotatable bonds is 6. The summed E-state index contributed by atoms with van der Waals surface area (Å²) in [6, 6.07) is 9.03. The van der Waals surface area contributed by atoms with Crippen LogP contribution in [0.3, 0.4) is 0 Å². The average Bonchev–Trinajstić information content (AvgIpc) is 2.86. The van der Waals surface area contributed by atoms with E-state index in [4.69, 9.17) is 0 Å². The second kappa shape index (κ2) is 7.22. The van der Waals surface area contributed by atoms with E-state index >= 15 is 0 Å². The first-order valence-corrected chi connectivity index (χ1v) is 7.39. The highest BCUT2D eigenvalue weighted by Gasteiger charge is 2.36. The van der Waals surface area contributed by atoms with E-state index in [1.54, 1.807) is 4.90 Å². The average molecular weight is 289 g/mol. The van der Waals surface area contributed by atoms with Gasteiger partial charge < -0.3 is 10.2 Å². The fourth-order valence-corrected chi connectivity index (χ4v) is 2.57. The van der Waals surface area contributed by atoms with Crippen molar-refractivity contribution in [2.75, 3.05) is 32.1 Å². The lowest BCUT2D eigenvalue weighted by molar-refractivity contribution is -0.123. The number of hydrogen-bond donors (Lipinski definition) is 1. The van der Waals surface area contributed by atoms with Gasteiger partial charge in [-0.25, -0.2) is 0 Å². The minimum Gasteiger partial charge on any atom is -0.354 e. The summed E-state index contributed by atoms with van der Waals surface area (Å²) in [6.07, 6.45) is 1.93. The Kier molecular flexibility index (Phi) is 5.33. The van der Waals surface area contributed by atoms with Crippen molar-refractivity contribution in [1.29, 1.82) is 0 Å². The number of para-hydroxylation sites is 1. The number of carbonyl (C=O) groups is 2. The topological polar surface area (TPSA) is 52.7 Å². The quantitative estimate of drug-likeness (QED) is 0.802. The maximum Gasteiger partial charge on any atom is 0.243 e. The van der Waals surface area contributed by atoms with Crippen molar-refractivity contribution in [3.63, 3.8) is 0 Å². The van der Waals surface area contributed by atoms with Gasteiger partial charge in [0.15, 0.2) is 0 Å². The Balaban J connectivity index is 1.95. The Morgan fingerprint density at radius 3 is 2.71 bits per heavy atom. The lowest BCUT2D eigenvalue weighted by Gasteiger charge is -2.24. The fraction of sp³-hybridized carbons (Fsp3) is 0.500. The molecule has 0 radical (unpaired) electrons. The van der Waals surface area contributed by atoms with Crippen molar-refractivity contribution in [3.05, 3.63) is 30.3 Å². The van der Waals surface area contributed by atoms with Crippen LogP contribution in [-0.2, 0) is 9.59 Å². The molecule has 1 heterocycles. The summed E-state index contributed by atoms with van der Waals surface area (Å²) >= 11 is 0. The molecule has 5 nitrogen and oxygen atoms in total. The molecule has 1 aliphatic heterocycles. The first-order valence-electron chi connectivity index (χ1n) is 7.39. The Hall–Kier alpha value is -1.88. The van der Waals surface area contributed by atoms with Gasteiger partial charge in [-0.05, 0) is 45.6 Å². The van der Waals surface area contributed by atoms with E-state index in [1.807, 2.05) is 44.4 Å². The second-order valence-electron chi connectivity index (χ2n) is 5.60. The number of anilines is 1.